The van der Waals surface area contributed by atoms with E-state index in [2.05, 4.69) is 39.0 Å². The lowest BCUT2D eigenvalue weighted by atomic mass is 10.2. The van der Waals surface area contributed by atoms with Crippen molar-refractivity contribution in [2.75, 3.05) is 62.3 Å². The van der Waals surface area contributed by atoms with Crippen LogP contribution in [-0.4, -0.2) is 68.3 Å². The van der Waals surface area contributed by atoms with E-state index >= 15 is 0 Å². The van der Waals surface area contributed by atoms with Crippen LogP contribution < -0.4 is 9.80 Å². The molecule has 2 fully saturated rings. The van der Waals surface area contributed by atoms with Crippen LogP contribution >= 0.6 is 0 Å². The van der Waals surface area contributed by atoms with Gasteiger partial charge in [-0.1, -0.05) is 18.2 Å². The average Bonchev–Trinajstić information content (AvgIpc) is 2.75. The summed E-state index contributed by atoms with van der Waals surface area (Å²) in [6.45, 7) is 6.30. The summed E-state index contributed by atoms with van der Waals surface area (Å²) in [6, 6.07) is 12.5. The third-order valence-corrected chi connectivity index (χ3v) is 5.04. The van der Waals surface area contributed by atoms with Crippen LogP contribution in [0.5, 0.6) is 0 Å². The molecule has 0 bridgehead atoms. The van der Waals surface area contributed by atoms with Crippen molar-refractivity contribution < 1.29 is 9.53 Å². The van der Waals surface area contributed by atoms with Gasteiger partial charge in [-0.2, -0.15) is 0 Å². The number of amides is 1. The van der Waals surface area contributed by atoms with Crippen molar-refractivity contribution in [3.63, 3.8) is 0 Å². The molecule has 1 amide bonds. The van der Waals surface area contributed by atoms with Gasteiger partial charge < -0.3 is 19.4 Å². The molecule has 0 spiro atoms. The molecule has 2 saturated heterocycles. The lowest BCUT2D eigenvalue weighted by molar-refractivity contribution is 0.0302. The fourth-order valence-corrected chi connectivity index (χ4v) is 3.53. The van der Waals surface area contributed by atoms with Gasteiger partial charge in [0.15, 0.2) is 0 Å². The Kier molecular flexibility index (Phi) is 5.02. The molecule has 136 valence electrons. The minimum absolute atomic E-state index is 0.0468. The summed E-state index contributed by atoms with van der Waals surface area (Å²) in [7, 11) is 0. The molecule has 26 heavy (non-hydrogen) atoms. The van der Waals surface area contributed by atoms with Gasteiger partial charge in [0.2, 0.25) is 0 Å². The van der Waals surface area contributed by atoms with E-state index in [0.29, 0.717) is 31.9 Å². The van der Waals surface area contributed by atoms with E-state index in [1.165, 1.54) is 5.69 Å². The van der Waals surface area contributed by atoms with Gasteiger partial charge in [-0.25, -0.2) is 0 Å². The molecule has 0 atom stereocenters. The van der Waals surface area contributed by atoms with Gasteiger partial charge in [0.1, 0.15) is 0 Å². The molecule has 6 heteroatoms. The van der Waals surface area contributed by atoms with Crippen molar-refractivity contribution >= 4 is 17.3 Å². The summed E-state index contributed by atoms with van der Waals surface area (Å²) in [5.41, 5.74) is 2.95. The first-order chi connectivity index (χ1) is 12.8. The lowest BCUT2D eigenvalue weighted by Gasteiger charge is -2.37. The molecular formula is C20H24N4O2. The summed E-state index contributed by atoms with van der Waals surface area (Å²) in [5, 5.41) is 0. The molecular weight excluding hydrogens is 328 g/mol. The highest BCUT2D eigenvalue weighted by Gasteiger charge is 2.21. The maximum absolute atomic E-state index is 12.7. The molecule has 1 aromatic carbocycles. The number of piperazine rings is 1. The van der Waals surface area contributed by atoms with Gasteiger partial charge in [0.05, 0.1) is 30.7 Å². The summed E-state index contributed by atoms with van der Waals surface area (Å²) in [6.07, 6.45) is 3.52. The SMILES string of the molecule is O=C(c1cncc(N2CCN(c3ccccc3)CC2)c1)N1CCOCC1. The largest absolute Gasteiger partial charge is 0.378 e. The molecule has 2 aromatic rings. The smallest absolute Gasteiger partial charge is 0.255 e. The van der Waals surface area contributed by atoms with Crippen LogP contribution in [-0.2, 0) is 4.74 Å². The molecule has 0 radical (unpaired) electrons. The van der Waals surface area contributed by atoms with Gasteiger partial charge in [0.25, 0.3) is 5.91 Å². The zero-order valence-corrected chi connectivity index (χ0v) is 14.9. The van der Waals surface area contributed by atoms with Crippen LogP contribution in [0.1, 0.15) is 10.4 Å². The fraction of sp³-hybridized carbons (Fsp3) is 0.400. The second kappa shape index (κ2) is 7.74. The molecule has 2 aliphatic rings. The molecule has 4 rings (SSSR count). The number of morpholine rings is 1. The van der Waals surface area contributed by atoms with Crippen LogP contribution in [0.4, 0.5) is 11.4 Å². The Balaban J connectivity index is 1.42. The summed E-state index contributed by atoms with van der Waals surface area (Å²) < 4.78 is 5.33. The van der Waals surface area contributed by atoms with Crippen molar-refractivity contribution in [1.29, 1.82) is 0 Å². The first kappa shape index (κ1) is 16.8. The summed E-state index contributed by atoms with van der Waals surface area (Å²) in [5.74, 6) is 0.0468. The number of nitrogens with zero attached hydrogens (tertiary/aromatic N) is 4. The summed E-state index contributed by atoms with van der Waals surface area (Å²) in [4.78, 5) is 23.5. The maximum atomic E-state index is 12.7. The van der Waals surface area contributed by atoms with Crippen LogP contribution in [0, 0.1) is 0 Å². The number of hydrogen-bond donors (Lipinski definition) is 0. The first-order valence-corrected chi connectivity index (χ1v) is 9.18. The Labute approximate surface area is 154 Å². The van der Waals surface area contributed by atoms with E-state index in [1.54, 1.807) is 6.20 Å². The Morgan fingerprint density at radius 3 is 2.19 bits per heavy atom. The van der Waals surface area contributed by atoms with Crippen molar-refractivity contribution in [2.24, 2.45) is 0 Å². The predicted octanol–water partition coefficient (Wildman–Crippen LogP) is 1.88. The summed E-state index contributed by atoms with van der Waals surface area (Å²) >= 11 is 0. The standard InChI is InChI=1S/C20H24N4O2/c25-20(24-10-12-26-13-11-24)17-14-19(16-21-15-17)23-8-6-22(7-9-23)18-4-2-1-3-5-18/h1-5,14-16H,6-13H2. The van der Waals surface area contributed by atoms with Crippen LogP contribution in [0.3, 0.4) is 0 Å². The average molecular weight is 352 g/mol. The van der Waals surface area contributed by atoms with E-state index < -0.39 is 0 Å². The zero-order chi connectivity index (χ0) is 17.8. The van der Waals surface area contributed by atoms with E-state index in [4.69, 9.17) is 4.74 Å². The highest BCUT2D eigenvalue weighted by atomic mass is 16.5. The normalized spacial score (nSPS) is 18.1. The number of carbonyl (C=O) groups is 1. The van der Waals surface area contributed by atoms with E-state index in [0.717, 1.165) is 31.9 Å². The van der Waals surface area contributed by atoms with Gasteiger partial charge >= 0.3 is 0 Å². The Morgan fingerprint density at radius 1 is 0.846 bits per heavy atom. The monoisotopic (exact) mass is 352 g/mol. The third kappa shape index (κ3) is 3.65. The number of benzene rings is 1. The Bertz CT molecular complexity index is 738. The second-order valence-corrected chi connectivity index (χ2v) is 6.65. The predicted molar refractivity (Wildman–Crippen MR) is 102 cm³/mol. The number of ether oxygens (including phenoxy) is 1. The zero-order valence-electron chi connectivity index (χ0n) is 14.9. The molecule has 0 N–H and O–H groups in total. The van der Waals surface area contributed by atoms with Gasteiger partial charge in [-0.15, -0.1) is 0 Å². The van der Waals surface area contributed by atoms with Crippen LogP contribution in [0.15, 0.2) is 48.8 Å². The van der Waals surface area contributed by atoms with Gasteiger partial charge in [-0.05, 0) is 18.2 Å². The van der Waals surface area contributed by atoms with E-state index in [1.807, 2.05) is 23.2 Å². The van der Waals surface area contributed by atoms with Gasteiger partial charge in [-0.3, -0.25) is 9.78 Å². The van der Waals surface area contributed by atoms with Gasteiger partial charge in [0, 0.05) is 51.2 Å². The number of carbonyl (C=O) groups excluding carboxylic acids is 1. The lowest BCUT2D eigenvalue weighted by Crippen LogP contribution is -2.46. The van der Waals surface area contributed by atoms with Crippen LogP contribution in [0.2, 0.25) is 0 Å². The van der Waals surface area contributed by atoms with Crippen molar-refractivity contribution in [1.82, 2.24) is 9.88 Å². The minimum Gasteiger partial charge on any atom is -0.378 e. The first-order valence-electron chi connectivity index (χ1n) is 9.18. The molecule has 0 aliphatic carbocycles. The molecule has 0 saturated carbocycles. The molecule has 6 nitrogen and oxygen atoms in total. The van der Waals surface area contributed by atoms with Crippen molar-refractivity contribution in [3.8, 4) is 0 Å². The third-order valence-electron chi connectivity index (χ3n) is 5.04. The Morgan fingerprint density at radius 2 is 1.50 bits per heavy atom. The highest BCUT2D eigenvalue weighted by Crippen LogP contribution is 2.21. The van der Waals surface area contributed by atoms with Crippen molar-refractivity contribution in [3.05, 3.63) is 54.4 Å². The van der Waals surface area contributed by atoms with E-state index in [-0.39, 0.29) is 5.91 Å². The Hall–Kier alpha value is -2.60. The number of hydrogen-bond acceptors (Lipinski definition) is 5. The highest BCUT2D eigenvalue weighted by molar-refractivity contribution is 5.94. The van der Waals surface area contributed by atoms with Crippen molar-refractivity contribution in [2.45, 2.75) is 0 Å². The maximum Gasteiger partial charge on any atom is 0.255 e. The quantitative estimate of drug-likeness (QED) is 0.844. The molecule has 0 unspecified atom stereocenters. The number of aromatic nitrogens is 1. The topological polar surface area (TPSA) is 48.9 Å². The fourth-order valence-electron chi connectivity index (χ4n) is 3.53. The second-order valence-electron chi connectivity index (χ2n) is 6.65. The molecule has 1 aromatic heterocycles. The number of para-hydroxylation sites is 1. The number of rotatable bonds is 3. The molecule has 2 aliphatic heterocycles. The molecule has 3 heterocycles. The minimum atomic E-state index is 0.0468. The van der Waals surface area contributed by atoms with Crippen LogP contribution in [0.25, 0.3) is 0 Å². The number of anilines is 2. The number of pyridine rings is 1. The van der Waals surface area contributed by atoms with E-state index in [9.17, 15) is 4.79 Å².